The molecule has 3 atom stereocenters. The Morgan fingerprint density at radius 3 is 1.70 bits per heavy atom. The van der Waals surface area contributed by atoms with Crippen LogP contribution in [0.2, 0.25) is 0 Å². The largest absolute Gasteiger partial charge is 0.340 e. The van der Waals surface area contributed by atoms with Gasteiger partial charge in [0, 0.05) is 18.0 Å². The third kappa shape index (κ3) is 7.34. The first-order valence-electron chi connectivity index (χ1n) is 19.7. The summed E-state index contributed by atoms with van der Waals surface area (Å²) in [6.07, 6.45) is 7.42. The molecule has 57 heavy (non-hydrogen) atoms. The molecule has 0 radical (unpaired) electrons. The number of carbonyl (C=O) groups excluding carboxylic acids is 2. The first kappa shape index (κ1) is 36.5. The van der Waals surface area contributed by atoms with Gasteiger partial charge in [-0.1, -0.05) is 109 Å². The van der Waals surface area contributed by atoms with Gasteiger partial charge in [0.15, 0.2) is 0 Å². The van der Waals surface area contributed by atoms with Crippen molar-refractivity contribution in [3.63, 3.8) is 0 Å². The van der Waals surface area contributed by atoms with Gasteiger partial charge in [-0.15, -0.1) is 11.3 Å². The van der Waals surface area contributed by atoms with Gasteiger partial charge in [0.1, 0.15) is 17.7 Å². The van der Waals surface area contributed by atoms with Crippen molar-refractivity contribution in [3.05, 3.63) is 156 Å². The van der Waals surface area contributed by atoms with Gasteiger partial charge in [-0.3, -0.25) is 14.5 Å². The molecular weight excluding hydrogens is 727 g/mol. The lowest BCUT2D eigenvalue weighted by Gasteiger charge is -2.31. The van der Waals surface area contributed by atoms with Crippen molar-refractivity contribution in [2.75, 3.05) is 27.2 Å². The molecule has 7 aromatic rings. The molecule has 0 saturated carbocycles. The highest BCUT2D eigenvalue weighted by Crippen LogP contribution is 2.37. The number of aromatic amines is 2. The smallest absolute Gasteiger partial charge is 0.264 e. The Kier molecular flexibility index (Phi) is 10.1. The van der Waals surface area contributed by atoms with E-state index >= 15 is 0 Å². The average Bonchev–Trinajstić information content (AvgIpc) is 4.11. The fraction of sp³-hybridized carbons (Fsp3) is 0.234. The number of nitrogens with zero attached hydrogens (tertiary/aromatic N) is 5. The number of amides is 2. The number of carbonyl (C=O) groups is 2. The maximum atomic E-state index is 13.9. The Morgan fingerprint density at radius 2 is 1.14 bits per heavy atom. The fourth-order valence-electron chi connectivity index (χ4n) is 8.40. The Balaban J connectivity index is 0.853. The molecule has 9 rings (SSSR count). The van der Waals surface area contributed by atoms with Gasteiger partial charge in [-0.25, -0.2) is 9.97 Å². The number of nitrogens with one attached hydrogen (secondary N) is 2. The van der Waals surface area contributed by atoms with E-state index in [0.717, 1.165) is 105 Å². The lowest BCUT2D eigenvalue weighted by molar-refractivity contribution is -0.137. The van der Waals surface area contributed by atoms with Gasteiger partial charge in [-0.2, -0.15) is 0 Å². The van der Waals surface area contributed by atoms with Gasteiger partial charge < -0.3 is 19.8 Å². The lowest BCUT2D eigenvalue weighted by Crippen LogP contribution is -2.40. The summed E-state index contributed by atoms with van der Waals surface area (Å²) < 4.78 is 0. The number of likely N-dealkylation sites (tertiary alicyclic amines) is 2. The molecule has 5 heterocycles. The molecule has 2 N–H and O–H groups in total. The lowest BCUT2D eigenvalue weighted by atomic mass is 10.0. The second-order valence-electron chi connectivity index (χ2n) is 15.2. The molecule has 4 aromatic carbocycles. The summed E-state index contributed by atoms with van der Waals surface area (Å²) in [5.41, 5.74) is 8.30. The molecular formula is C47H45N7O2S. The van der Waals surface area contributed by atoms with Crippen molar-refractivity contribution < 1.29 is 9.59 Å². The summed E-state index contributed by atoms with van der Waals surface area (Å²) in [6, 6.07) is 40.7. The Morgan fingerprint density at radius 1 is 0.632 bits per heavy atom. The van der Waals surface area contributed by atoms with Crippen LogP contribution in [-0.2, 0) is 4.79 Å². The highest BCUT2D eigenvalue weighted by atomic mass is 32.1. The number of imidazole rings is 2. The van der Waals surface area contributed by atoms with E-state index in [1.165, 1.54) is 0 Å². The molecule has 0 aliphatic carbocycles. The summed E-state index contributed by atoms with van der Waals surface area (Å²) in [4.78, 5) is 52.0. The third-order valence-electron chi connectivity index (χ3n) is 11.3. The Labute approximate surface area is 337 Å². The number of likely N-dealkylation sites (N-methyl/N-ethyl adjacent to an activating group) is 1. The van der Waals surface area contributed by atoms with Crippen LogP contribution in [0.1, 0.15) is 70.7 Å². The molecule has 2 saturated heterocycles. The van der Waals surface area contributed by atoms with Crippen LogP contribution in [0.15, 0.2) is 134 Å². The minimum atomic E-state index is -0.341. The zero-order valence-electron chi connectivity index (χ0n) is 32.1. The van der Waals surface area contributed by atoms with Crippen molar-refractivity contribution in [3.8, 4) is 44.1 Å². The highest BCUT2D eigenvalue weighted by Gasteiger charge is 2.37. The normalized spacial score (nSPS) is 17.4. The zero-order valence-corrected chi connectivity index (χ0v) is 33.0. The van der Waals surface area contributed by atoms with Crippen LogP contribution in [0.25, 0.3) is 44.1 Å². The monoisotopic (exact) mass is 771 g/mol. The van der Waals surface area contributed by atoms with Gasteiger partial charge >= 0.3 is 0 Å². The molecule has 0 unspecified atom stereocenters. The van der Waals surface area contributed by atoms with E-state index in [4.69, 9.17) is 9.97 Å². The number of rotatable bonds is 10. The van der Waals surface area contributed by atoms with Gasteiger partial charge in [0.05, 0.1) is 40.7 Å². The fourth-order valence-corrected chi connectivity index (χ4v) is 9.37. The second kappa shape index (κ2) is 15.8. The van der Waals surface area contributed by atoms with E-state index in [2.05, 4.69) is 70.6 Å². The Hall–Kier alpha value is -6.10. The number of thiophene rings is 1. The molecule has 2 fully saturated rings. The summed E-state index contributed by atoms with van der Waals surface area (Å²) in [5.74, 6) is 1.83. The summed E-state index contributed by atoms with van der Waals surface area (Å²) in [7, 11) is 3.92. The zero-order chi connectivity index (χ0) is 38.9. The van der Waals surface area contributed by atoms with Crippen LogP contribution in [0, 0.1) is 0 Å². The standard InChI is InChI=1S/C47H45N7O2S/c1-52(2)43(36-13-7-4-8-14-36)47(56)54-28-10-16-40(54)45-49-30-38(51-45)34-23-19-32(20-24-34)31-17-21-33(22-18-31)37-29-48-44(50-37)39-15-9-27-53(39)46(55)42-26-25-41(57-42)35-11-5-3-6-12-35/h3-8,11-14,17-26,29-30,39-40,43H,9-10,15-16,27-28H2,1-2H3,(H,48,50)(H,49,51)/t39-,40-,43+/m0/s1. The van der Waals surface area contributed by atoms with Gasteiger partial charge in [0.2, 0.25) is 5.91 Å². The number of hydrogen-bond acceptors (Lipinski definition) is 6. The number of aromatic nitrogens is 4. The van der Waals surface area contributed by atoms with Crippen molar-refractivity contribution in [1.29, 1.82) is 0 Å². The number of hydrogen-bond donors (Lipinski definition) is 2. The third-order valence-corrected chi connectivity index (χ3v) is 12.5. The van der Waals surface area contributed by atoms with Crippen LogP contribution in [0.5, 0.6) is 0 Å². The van der Waals surface area contributed by atoms with Crippen molar-refractivity contribution in [2.24, 2.45) is 0 Å². The first-order valence-corrected chi connectivity index (χ1v) is 20.5. The molecule has 2 aliphatic rings. The predicted molar refractivity (Wildman–Crippen MR) is 226 cm³/mol. The van der Waals surface area contributed by atoms with E-state index < -0.39 is 0 Å². The maximum Gasteiger partial charge on any atom is 0.264 e. The second-order valence-corrected chi connectivity index (χ2v) is 16.3. The van der Waals surface area contributed by atoms with E-state index in [1.54, 1.807) is 11.3 Å². The van der Waals surface area contributed by atoms with Crippen molar-refractivity contribution in [1.82, 2.24) is 34.6 Å². The van der Waals surface area contributed by atoms with Crippen molar-refractivity contribution >= 4 is 23.2 Å². The van der Waals surface area contributed by atoms with Crippen LogP contribution in [0.3, 0.4) is 0 Å². The minimum Gasteiger partial charge on any atom is -0.340 e. The quantitative estimate of drug-likeness (QED) is 0.144. The first-order chi connectivity index (χ1) is 27.9. The van der Waals surface area contributed by atoms with Crippen LogP contribution < -0.4 is 0 Å². The van der Waals surface area contributed by atoms with Gasteiger partial charge in [0.25, 0.3) is 5.91 Å². The Bertz CT molecular complexity index is 2470. The molecule has 2 amide bonds. The highest BCUT2D eigenvalue weighted by molar-refractivity contribution is 7.17. The van der Waals surface area contributed by atoms with E-state index in [9.17, 15) is 9.59 Å². The average molecular weight is 772 g/mol. The van der Waals surface area contributed by atoms with Gasteiger partial charge in [-0.05, 0) is 85.3 Å². The number of benzene rings is 4. The predicted octanol–water partition coefficient (Wildman–Crippen LogP) is 9.81. The molecule has 286 valence electrons. The molecule has 0 bridgehead atoms. The summed E-state index contributed by atoms with van der Waals surface area (Å²) in [6.45, 7) is 1.44. The summed E-state index contributed by atoms with van der Waals surface area (Å²) >= 11 is 1.55. The van der Waals surface area contributed by atoms with Crippen LogP contribution >= 0.6 is 11.3 Å². The topological polar surface area (TPSA) is 101 Å². The molecule has 9 nitrogen and oxygen atoms in total. The molecule has 0 spiro atoms. The van der Waals surface area contributed by atoms with Crippen LogP contribution in [0.4, 0.5) is 0 Å². The number of H-pyrrole nitrogens is 2. The van der Waals surface area contributed by atoms with E-state index in [1.807, 2.05) is 102 Å². The maximum absolute atomic E-state index is 13.9. The van der Waals surface area contributed by atoms with Crippen LogP contribution in [-0.4, -0.2) is 73.6 Å². The molecule has 2 aliphatic heterocycles. The van der Waals surface area contributed by atoms with Crippen molar-refractivity contribution in [2.45, 2.75) is 43.8 Å². The minimum absolute atomic E-state index is 0.0655. The van der Waals surface area contributed by atoms with E-state index in [-0.39, 0.29) is 29.9 Å². The SMILES string of the molecule is CN(C)[C@@H](C(=O)N1CCC[C@H]1c1ncc(-c2ccc(-c3ccc(-c4cnc([C@@H]5CCCN5C(=O)c5ccc(-c6ccccc6)s5)[nH]4)cc3)cc2)[nH]1)c1ccccc1. The molecule has 3 aromatic heterocycles. The van der Waals surface area contributed by atoms with E-state index in [0.29, 0.717) is 0 Å². The molecule has 10 heteroatoms. The summed E-state index contributed by atoms with van der Waals surface area (Å²) in [5, 5.41) is 0.